The van der Waals surface area contributed by atoms with Crippen LogP contribution < -0.4 is 4.90 Å². The summed E-state index contributed by atoms with van der Waals surface area (Å²) in [5.74, 6) is 0. The number of fused-ring (bicyclic) bond motifs is 11. The van der Waals surface area contributed by atoms with E-state index in [1.165, 1.54) is 65.7 Å². The topological polar surface area (TPSA) is 21.3 Å². The van der Waals surface area contributed by atoms with E-state index in [9.17, 15) is 0 Å². The molecule has 0 saturated heterocycles. The summed E-state index contributed by atoms with van der Waals surface area (Å²) in [4.78, 5) is 2.40. The first kappa shape index (κ1) is 39.0. The average Bonchev–Trinajstić information content (AvgIpc) is 3.97. The molecule has 0 N–H and O–H groups in total. The zero-order valence-corrected chi connectivity index (χ0v) is 37.6. The number of rotatable bonds is 7. The Morgan fingerprint density at radius 1 is 0.304 bits per heavy atom. The number of furan rings is 1. The molecule has 14 aromatic rings. The Morgan fingerprint density at radius 3 is 1.70 bits per heavy atom. The van der Waals surface area contributed by atoms with Crippen LogP contribution in [0.5, 0.6) is 0 Å². The van der Waals surface area contributed by atoms with E-state index in [0.717, 1.165) is 66.5 Å². The molecule has 0 aliphatic carbocycles. The van der Waals surface area contributed by atoms with Gasteiger partial charge in [-0.2, -0.15) is 0 Å². The van der Waals surface area contributed by atoms with Crippen LogP contribution in [0, 0.1) is 0 Å². The Kier molecular flexibility index (Phi) is 8.90. The van der Waals surface area contributed by atoms with Crippen molar-refractivity contribution >= 4 is 93.1 Å². The molecule has 14 rings (SSSR count). The monoisotopic (exact) mass is 878 g/mol. The van der Waals surface area contributed by atoms with Crippen molar-refractivity contribution in [3.63, 3.8) is 0 Å². The first-order valence-corrected chi connectivity index (χ1v) is 23.7. The highest BCUT2D eigenvalue weighted by Crippen LogP contribution is 2.46. The van der Waals surface area contributed by atoms with Crippen molar-refractivity contribution in [2.75, 3.05) is 4.90 Å². The molecule has 69 heavy (non-hydrogen) atoms. The summed E-state index contributed by atoms with van der Waals surface area (Å²) in [7, 11) is 0. The predicted octanol–water partition coefficient (Wildman–Crippen LogP) is 18.6. The van der Waals surface area contributed by atoms with Crippen molar-refractivity contribution in [2.45, 2.75) is 0 Å². The Labute approximate surface area is 399 Å². The highest BCUT2D eigenvalue weighted by atomic mass is 16.3. The number of para-hydroxylation sites is 2. The van der Waals surface area contributed by atoms with Gasteiger partial charge in [-0.15, -0.1) is 0 Å². The van der Waals surface area contributed by atoms with E-state index in [1.54, 1.807) is 0 Å². The van der Waals surface area contributed by atoms with Crippen molar-refractivity contribution in [3.8, 4) is 39.1 Å². The molecule has 0 saturated carbocycles. The molecule has 3 nitrogen and oxygen atoms in total. The van der Waals surface area contributed by atoms with Crippen molar-refractivity contribution in [2.24, 2.45) is 0 Å². The molecule has 0 atom stereocenters. The molecular weight excluding hydrogens is 837 g/mol. The highest BCUT2D eigenvalue weighted by molar-refractivity contribution is 6.20. The lowest BCUT2D eigenvalue weighted by atomic mass is 9.99. The second kappa shape index (κ2) is 15.7. The van der Waals surface area contributed by atoms with E-state index in [2.05, 4.69) is 258 Å². The van der Waals surface area contributed by atoms with Gasteiger partial charge in [-0.1, -0.05) is 188 Å². The van der Waals surface area contributed by atoms with Crippen molar-refractivity contribution in [1.82, 2.24) is 4.57 Å². The number of aromatic nitrogens is 1. The van der Waals surface area contributed by atoms with E-state index < -0.39 is 0 Å². The van der Waals surface area contributed by atoms with Crippen LogP contribution in [-0.4, -0.2) is 4.57 Å². The molecule has 0 fully saturated rings. The largest absolute Gasteiger partial charge is 0.455 e. The van der Waals surface area contributed by atoms with Gasteiger partial charge in [0.2, 0.25) is 0 Å². The predicted molar refractivity (Wildman–Crippen MR) is 292 cm³/mol. The molecule has 2 heterocycles. The van der Waals surface area contributed by atoms with E-state index in [1.807, 2.05) is 6.07 Å². The Balaban J connectivity index is 0.928. The fraction of sp³-hybridized carbons (Fsp3) is 0. The fourth-order valence-electron chi connectivity index (χ4n) is 10.9. The minimum absolute atomic E-state index is 0.886. The molecule has 12 aromatic carbocycles. The molecule has 2 aromatic heterocycles. The Hall–Kier alpha value is -9.18. The summed E-state index contributed by atoms with van der Waals surface area (Å²) in [5, 5.41) is 11.9. The highest BCUT2D eigenvalue weighted by Gasteiger charge is 2.22. The third-order valence-corrected chi connectivity index (χ3v) is 14.2. The standard InChI is InChI=1S/C66H42N2O/c1-2-14-43(15-3-1)44-28-30-45(31-29-44)46-32-36-51(37-33-46)67(62-26-13-17-47-34-38-58-57-24-9-11-27-64(57)69-66(58)65(47)62)52-19-12-18-48(40-52)49-35-39-61-59(41-49)56-23-8-10-25-60(56)68(61)63-42-50-16-4-5-20-53(50)54-21-6-7-22-55(54)63/h1-42H. The van der Waals surface area contributed by atoms with Crippen molar-refractivity contribution in [1.29, 1.82) is 0 Å². The third kappa shape index (κ3) is 6.36. The number of nitrogens with zero attached hydrogens (tertiary/aromatic N) is 2. The minimum Gasteiger partial charge on any atom is -0.455 e. The second-order valence-electron chi connectivity index (χ2n) is 18.0. The summed E-state index contributed by atoms with van der Waals surface area (Å²) < 4.78 is 9.23. The second-order valence-corrected chi connectivity index (χ2v) is 18.0. The van der Waals surface area contributed by atoms with Crippen LogP contribution >= 0.6 is 0 Å². The summed E-state index contributed by atoms with van der Waals surface area (Å²) in [6, 6.07) is 92.5. The Bertz CT molecular complexity index is 4290. The van der Waals surface area contributed by atoms with Gasteiger partial charge in [0.1, 0.15) is 11.2 Å². The van der Waals surface area contributed by atoms with Gasteiger partial charge in [0.15, 0.2) is 0 Å². The maximum Gasteiger partial charge on any atom is 0.145 e. The molecule has 0 spiro atoms. The molecule has 322 valence electrons. The van der Waals surface area contributed by atoms with Crippen LogP contribution in [0.2, 0.25) is 0 Å². The zero-order chi connectivity index (χ0) is 45.4. The first-order chi connectivity index (χ1) is 34.2. The van der Waals surface area contributed by atoms with Gasteiger partial charge in [0.05, 0.1) is 22.4 Å². The fourth-order valence-corrected chi connectivity index (χ4v) is 10.9. The molecular formula is C66H42N2O. The molecule has 0 aliphatic heterocycles. The maximum absolute atomic E-state index is 6.77. The number of anilines is 3. The van der Waals surface area contributed by atoms with Crippen molar-refractivity contribution < 1.29 is 4.42 Å². The Morgan fingerprint density at radius 2 is 0.884 bits per heavy atom. The summed E-state index contributed by atoms with van der Waals surface area (Å²) >= 11 is 0. The van der Waals surface area contributed by atoms with Crippen LogP contribution in [-0.2, 0) is 0 Å². The lowest BCUT2D eigenvalue weighted by Gasteiger charge is -2.27. The van der Waals surface area contributed by atoms with Crippen LogP contribution in [0.1, 0.15) is 0 Å². The smallest absolute Gasteiger partial charge is 0.145 e. The number of hydrogen-bond donors (Lipinski definition) is 0. The minimum atomic E-state index is 0.886. The third-order valence-electron chi connectivity index (χ3n) is 14.2. The van der Waals surface area contributed by atoms with Crippen LogP contribution in [0.15, 0.2) is 259 Å². The SMILES string of the molecule is c1ccc(-c2ccc(-c3ccc(N(c4cccc(-c5ccc6c(c5)c5ccccc5n6-c5cc6ccccc6c6ccccc56)c4)c4cccc5ccc6c7ccccc7oc6c45)cc3)cc2)cc1. The van der Waals surface area contributed by atoms with E-state index >= 15 is 0 Å². The lowest BCUT2D eigenvalue weighted by Crippen LogP contribution is -2.10. The quantitative estimate of drug-likeness (QED) is 0.149. The van der Waals surface area contributed by atoms with Crippen LogP contribution in [0.25, 0.3) is 115 Å². The van der Waals surface area contributed by atoms with Crippen LogP contribution in [0.3, 0.4) is 0 Å². The summed E-state index contributed by atoms with van der Waals surface area (Å²) in [5.41, 5.74) is 15.5. The lowest BCUT2D eigenvalue weighted by molar-refractivity contribution is 0.672. The van der Waals surface area contributed by atoms with Gasteiger partial charge < -0.3 is 13.9 Å². The van der Waals surface area contributed by atoms with E-state index in [4.69, 9.17) is 4.42 Å². The van der Waals surface area contributed by atoms with Gasteiger partial charge >= 0.3 is 0 Å². The van der Waals surface area contributed by atoms with Gasteiger partial charge in [0, 0.05) is 43.7 Å². The zero-order valence-electron chi connectivity index (χ0n) is 37.6. The molecule has 0 bridgehead atoms. The van der Waals surface area contributed by atoms with Crippen molar-refractivity contribution in [3.05, 3.63) is 255 Å². The summed E-state index contributed by atoms with van der Waals surface area (Å²) in [6.07, 6.45) is 0. The van der Waals surface area contributed by atoms with Gasteiger partial charge in [-0.05, 0) is 122 Å². The van der Waals surface area contributed by atoms with Crippen LogP contribution in [0.4, 0.5) is 17.1 Å². The molecule has 3 heteroatoms. The molecule has 0 aliphatic rings. The molecule has 0 radical (unpaired) electrons. The average molecular weight is 879 g/mol. The van der Waals surface area contributed by atoms with Gasteiger partial charge in [-0.25, -0.2) is 0 Å². The van der Waals surface area contributed by atoms with E-state index in [0.29, 0.717) is 0 Å². The van der Waals surface area contributed by atoms with Gasteiger partial charge in [0.25, 0.3) is 0 Å². The van der Waals surface area contributed by atoms with E-state index in [-0.39, 0.29) is 0 Å². The maximum atomic E-state index is 6.77. The molecule has 0 amide bonds. The molecule has 0 unspecified atom stereocenters. The normalized spacial score (nSPS) is 11.8. The van der Waals surface area contributed by atoms with Gasteiger partial charge in [-0.3, -0.25) is 0 Å². The summed E-state index contributed by atoms with van der Waals surface area (Å²) in [6.45, 7) is 0. The first-order valence-electron chi connectivity index (χ1n) is 23.7. The number of hydrogen-bond acceptors (Lipinski definition) is 2. The number of benzene rings is 12.